The van der Waals surface area contributed by atoms with Gasteiger partial charge in [-0.1, -0.05) is 6.07 Å². The Balaban J connectivity index is 1.74. The molecular weight excluding hydrogens is 314 g/mol. The molecule has 1 aromatic rings. The van der Waals surface area contributed by atoms with Crippen molar-refractivity contribution in [2.75, 3.05) is 0 Å². The Morgan fingerprint density at radius 2 is 1.92 bits per heavy atom. The number of nitrogens with zero attached hydrogens (tertiary/aromatic N) is 1. The largest absolute Gasteiger partial charge is 0.459 e. The highest BCUT2D eigenvalue weighted by Gasteiger charge is 2.49. The first-order valence-electron chi connectivity index (χ1n) is 9.38. The molecule has 1 unspecified atom stereocenters. The number of hydrogen-bond donors (Lipinski definition) is 2. The van der Waals surface area contributed by atoms with Gasteiger partial charge >= 0.3 is 5.97 Å². The van der Waals surface area contributed by atoms with E-state index in [2.05, 4.69) is 11.1 Å². The lowest BCUT2D eigenvalue weighted by atomic mass is 9.64. The summed E-state index contributed by atoms with van der Waals surface area (Å²) in [7, 11) is 0. The molecule has 0 aromatic carbocycles. The molecule has 0 bridgehead atoms. The van der Waals surface area contributed by atoms with E-state index in [-0.39, 0.29) is 17.4 Å². The minimum Gasteiger partial charge on any atom is -0.459 e. The first-order valence-corrected chi connectivity index (χ1v) is 9.38. The predicted molar refractivity (Wildman–Crippen MR) is 98.1 cm³/mol. The minimum atomic E-state index is -0.919. The number of nitrogens with two attached hydrogens (primary N) is 2. The summed E-state index contributed by atoms with van der Waals surface area (Å²) < 4.78 is 5.53. The van der Waals surface area contributed by atoms with Crippen LogP contribution in [0.5, 0.6) is 0 Å². The number of esters is 1. The van der Waals surface area contributed by atoms with Crippen molar-refractivity contribution in [2.24, 2.45) is 11.5 Å². The third kappa shape index (κ3) is 3.72. The van der Waals surface area contributed by atoms with E-state index in [0.717, 1.165) is 37.8 Å². The molecule has 1 saturated carbocycles. The van der Waals surface area contributed by atoms with Gasteiger partial charge in [-0.05, 0) is 77.3 Å². The summed E-state index contributed by atoms with van der Waals surface area (Å²) in [4.78, 5) is 17.2. The number of rotatable bonds is 2. The van der Waals surface area contributed by atoms with E-state index in [1.54, 1.807) is 0 Å². The van der Waals surface area contributed by atoms with Gasteiger partial charge in [0.2, 0.25) is 0 Å². The van der Waals surface area contributed by atoms with Crippen LogP contribution in [0.1, 0.15) is 76.5 Å². The smallest absolute Gasteiger partial charge is 0.326 e. The summed E-state index contributed by atoms with van der Waals surface area (Å²) in [5.74, 6) is -0.0511. The first-order chi connectivity index (χ1) is 11.6. The van der Waals surface area contributed by atoms with E-state index in [1.165, 1.54) is 5.56 Å². The van der Waals surface area contributed by atoms with Gasteiger partial charge in [0.25, 0.3) is 0 Å². The van der Waals surface area contributed by atoms with Gasteiger partial charge < -0.3 is 16.2 Å². The first kappa shape index (κ1) is 18.3. The Morgan fingerprint density at radius 3 is 2.56 bits per heavy atom. The lowest BCUT2D eigenvalue weighted by Gasteiger charge is -2.47. The van der Waals surface area contributed by atoms with Crippen molar-refractivity contribution in [3.63, 3.8) is 0 Å². The third-order valence-electron chi connectivity index (χ3n) is 5.77. The van der Waals surface area contributed by atoms with E-state index in [0.29, 0.717) is 12.8 Å². The number of ether oxygens (including phenoxy) is 1. The maximum Gasteiger partial charge on any atom is 0.326 e. The zero-order valence-corrected chi connectivity index (χ0v) is 15.7. The van der Waals surface area contributed by atoms with Crippen LogP contribution in [0.3, 0.4) is 0 Å². The molecule has 0 saturated heterocycles. The van der Waals surface area contributed by atoms with E-state index in [1.807, 2.05) is 33.0 Å². The molecule has 0 aliphatic heterocycles. The van der Waals surface area contributed by atoms with E-state index in [4.69, 9.17) is 16.2 Å². The quantitative estimate of drug-likeness (QED) is 0.804. The Bertz CT molecular complexity index is 643. The van der Waals surface area contributed by atoms with Crippen LogP contribution in [0, 0.1) is 0 Å². The molecule has 0 amide bonds. The molecule has 1 atom stereocenters. The summed E-state index contributed by atoms with van der Waals surface area (Å²) >= 11 is 0. The number of carbonyl (C=O) groups is 1. The molecule has 1 aromatic heterocycles. The van der Waals surface area contributed by atoms with Gasteiger partial charge in [0.1, 0.15) is 11.1 Å². The van der Waals surface area contributed by atoms with Crippen LogP contribution >= 0.6 is 0 Å². The Hall–Kier alpha value is -1.46. The van der Waals surface area contributed by atoms with Crippen molar-refractivity contribution >= 4 is 5.97 Å². The van der Waals surface area contributed by atoms with Gasteiger partial charge in [-0.3, -0.25) is 9.78 Å². The molecule has 5 heteroatoms. The molecule has 138 valence electrons. The molecule has 1 heterocycles. The second-order valence-corrected chi connectivity index (χ2v) is 8.88. The number of fused-ring (bicyclic) bond motifs is 1. The van der Waals surface area contributed by atoms with Gasteiger partial charge in [0, 0.05) is 23.3 Å². The second-order valence-electron chi connectivity index (χ2n) is 8.88. The van der Waals surface area contributed by atoms with Crippen LogP contribution in [0.25, 0.3) is 0 Å². The van der Waals surface area contributed by atoms with E-state index >= 15 is 0 Å². The highest BCUT2D eigenvalue weighted by atomic mass is 16.6. The molecule has 1 fully saturated rings. The maximum absolute atomic E-state index is 12.5. The Morgan fingerprint density at radius 1 is 1.24 bits per heavy atom. The van der Waals surface area contributed by atoms with Crippen LogP contribution in [-0.2, 0) is 16.0 Å². The number of pyridine rings is 1. The molecular formula is C20H31N3O2. The summed E-state index contributed by atoms with van der Waals surface area (Å²) in [5, 5.41) is 0. The van der Waals surface area contributed by atoms with E-state index in [9.17, 15) is 4.79 Å². The number of carbonyl (C=O) groups excluding carboxylic acids is 1. The van der Waals surface area contributed by atoms with Crippen LogP contribution < -0.4 is 11.5 Å². The zero-order valence-electron chi connectivity index (χ0n) is 15.7. The van der Waals surface area contributed by atoms with Crippen molar-refractivity contribution < 1.29 is 9.53 Å². The molecule has 4 N–H and O–H groups in total. The zero-order chi connectivity index (χ0) is 18.3. The fourth-order valence-corrected chi connectivity index (χ4v) is 4.26. The molecule has 2 aliphatic carbocycles. The fraction of sp³-hybridized carbons (Fsp3) is 0.700. The number of aryl methyl sites for hydroxylation is 1. The number of aromatic nitrogens is 1. The molecule has 5 nitrogen and oxygen atoms in total. The molecule has 2 aliphatic rings. The molecule has 0 radical (unpaired) electrons. The fourth-order valence-electron chi connectivity index (χ4n) is 4.26. The van der Waals surface area contributed by atoms with Crippen molar-refractivity contribution in [2.45, 2.75) is 88.3 Å². The average molecular weight is 345 g/mol. The van der Waals surface area contributed by atoms with Crippen molar-refractivity contribution in [3.05, 3.63) is 29.6 Å². The summed E-state index contributed by atoms with van der Waals surface area (Å²) in [6.07, 6.45) is 7.72. The molecule has 3 rings (SSSR count). The topological polar surface area (TPSA) is 91.2 Å². The summed E-state index contributed by atoms with van der Waals surface area (Å²) in [6.45, 7) is 5.61. The Kier molecular flexibility index (Phi) is 4.67. The van der Waals surface area contributed by atoms with Gasteiger partial charge in [-0.25, -0.2) is 0 Å². The standard InChI is InChI=1S/C20H31N3O2/c1-18(2,3)25-17(24)20(22)11-9-19(21,10-12-20)15-8-4-6-14-7-5-13-23-16(14)15/h5,7,13,15H,4,6,8-12,21-22H2,1-3H3. The predicted octanol–water partition coefficient (Wildman–Crippen LogP) is 2.81. The van der Waals surface area contributed by atoms with Crippen LogP contribution in [-0.4, -0.2) is 27.6 Å². The number of hydrogen-bond acceptors (Lipinski definition) is 5. The van der Waals surface area contributed by atoms with Crippen molar-refractivity contribution in [1.29, 1.82) is 0 Å². The normalized spacial score (nSPS) is 32.8. The lowest BCUT2D eigenvalue weighted by Crippen LogP contribution is -2.60. The highest BCUT2D eigenvalue weighted by molar-refractivity contribution is 5.81. The van der Waals surface area contributed by atoms with Gasteiger partial charge in [0.05, 0.1) is 0 Å². The monoisotopic (exact) mass is 345 g/mol. The third-order valence-corrected chi connectivity index (χ3v) is 5.77. The molecule has 0 spiro atoms. The van der Waals surface area contributed by atoms with E-state index < -0.39 is 11.1 Å². The minimum absolute atomic E-state index is 0.251. The lowest BCUT2D eigenvalue weighted by molar-refractivity contribution is -0.163. The van der Waals surface area contributed by atoms with Crippen LogP contribution in [0.15, 0.2) is 18.3 Å². The summed E-state index contributed by atoms with van der Waals surface area (Å²) in [5.41, 5.74) is 14.0. The van der Waals surface area contributed by atoms with Gasteiger partial charge in [0.15, 0.2) is 0 Å². The van der Waals surface area contributed by atoms with Crippen LogP contribution in [0.2, 0.25) is 0 Å². The Labute approximate surface area is 150 Å². The van der Waals surface area contributed by atoms with Crippen LogP contribution in [0.4, 0.5) is 0 Å². The molecule has 25 heavy (non-hydrogen) atoms. The van der Waals surface area contributed by atoms with Gasteiger partial charge in [-0.2, -0.15) is 0 Å². The van der Waals surface area contributed by atoms with Crippen molar-refractivity contribution in [1.82, 2.24) is 4.98 Å². The van der Waals surface area contributed by atoms with Gasteiger partial charge in [-0.15, -0.1) is 0 Å². The highest BCUT2D eigenvalue weighted by Crippen LogP contribution is 2.45. The van der Waals surface area contributed by atoms with Crippen molar-refractivity contribution in [3.8, 4) is 0 Å². The average Bonchev–Trinajstić information content (AvgIpc) is 2.56. The summed E-state index contributed by atoms with van der Waals surface area (Å²) in [6, 6.07) is 4.16. The maximum atomic E-state index is 12.5. The SMILES string of the molecule is CC(C)(C)OC(=O)C1(N)CCC(N)(C2CCCc3cccnc32)CC1. The second kappa shape index (κ2) is 6.36.